The van der Waals surface area contributed by atoms with E-state index in [4.69, 9.17) is 0 Å². The quantitative estimate of drug-likeness (QED) is 0.812. The van der Waals surface area contributed by atoms with Crippen molar-refractivity contribution in [1.82, 2.24) is 10.2 Å². The Bertz CT molecular complexity index is 283. The molecule has 0 unspecified atom stereocenters. The normalized spacial score (nSPS) is 27.6. The minimum atomic E-state index is 0.324. The number of hydrogen-bond donors (Lipinski definition) is 1. The zero-order valence-corrected chi connectivity index (χ0v) is 10.7. The largest absolute Gasteiger partial charge is 0.342 e. The van der Waals surface area contributed by atoms with Crippen LogP contribution < -0.4 is 5.32 Å². The van der Waals surface area contributed by atoms with Crippen LogP contribution in [0.4, 0.5) is 0 Å². The highest BCUT2D eigenvalue weighted by Gasteiger charge is 2.37. The van der Waals surface area contributed by atoms with E-state index in [1.165, 1.54) is 51.4 Å². The minimum absolute atomic E-state index is 0.324. The number of carbonyl (C=O) groups excluding carboxylic acids is 1. The molecular formula is C14H24N2O. The van der Waals surface area contributed by atoms with Crippen molar-refractivity contribution in [3.05, 3.63) is 0 Å². The van der Waals surface area contributed by atoms with Gasteiger partial charge in [0, 0.05) is 19.1 Å². The molecule has 2 aliphatic carbocycles. The Morgan fingerprint density at radius 1 is 1.12 bits per heavy atom. The van der Waals surface area contributed by atoms with Crippen molar-refractivity contribution < 1.29 is 4.79 Å². The molecule has 96 valence electrons. The van der Waals surface area contributed by atoms with Gasteiger partial charge in [-0.15, -0.1) is 0 Å². The molecule has 3 rings (SSSR count). The zero-order chi connectivity index (χ0) is 11.7. The fourth-order valence-corrected chi connectivity index (χ4v) is 3.49. The lowest BCUT2D eigenvalue weighted by Gasteiger charge is -2.39. The molecule has 0 radical (unpaired) electrons. The number of nitrogens with zero attached hydrogens (tertiary/aromatic N) is 1. The number of carbonyl (C=O) groups is 1. The summed E-state index contributed by atoms with van der Waals surface area (Å²) in [7, 11) is 0. The van der Waals surface area contributed by atoms with E-state index in [2.05, 4.69) is 10.2 Å². The van der Waals surface area contributed by atoms with Gasteiger partial charge in [0.2, 0.25) is 5.91 Å². The van der Waals surface area contributed by atoms with Gasteiger partial charge >= 0.3 is 0 Å². The smallest absolute Gasteiger partial charge is 0.236 e. The highest BCUT2D eigenvalue weighted by atomic mass is 16.2. The van der Waals surface area contributed by atoms with Crippen LogP contribution in [0.2, 0.25) is 0 Å². The maximum atomic E-state index is 12.0. The van der Waals surface area contributed by atoms with Crippen LogP contribution in [0, 0.1) is 5.41 Å². The molecule has 0 aromatic rings. The van der Waals surface area contributed by atoms with Crippen molar-refractivity contribution in [1.29, 1.82) is 0 Å². The Morgan fingerprint density at radius 2 is 1.76 bits per heavy atom. The Labute approximate surface area is 104 Å². The van der Waals surface area contributed by atoms with Crippen LogP contribution in [0.1, 0.15) is 51.4 Å². The number of nitrogens with one attached hydrogen (secondary N) is 1. The maximum absolute atomic E-state index is 12.0. The molecule has 1 spiro atoms. The first-order chi connectivity index (χ1) is 8.27. The fourth-order valence-electron chi connectivity index (χ4n) is 3.49. The summed E-state index contributed by atoms with van der Waals surface area (Å²) >= 11 is 0. The van der Waals surface area contributed by atoms with Gasteiger partial charge in [0.1, 0.15) is 0 Å². The van der Waals surface area contributed by atoms with Gasteiger partial charge in [0.25, 0.3) is 0 Å². The van der Waals surface area contributed by atoms with Gasteiger partial charge in [-0.3, -0.25) is 4.79 Å². The fraction of sp³-hybridized carbons (Fsp3) is 0.929. The first kappa shape index (κ1) is 11.5. The second-order valence-electron chi connectivity index (χ2n) is 6.24. The lowest BCUT2D eigenvalue weighted by Crippen LogP contribution is -2.45. The first-order valence-electron chi connectivity index (χ1n) is 7.29. The Balaban J connectivity index is 1.45. The predicted octanol–water partition coefficient (Wildman–Crippen LogP) is 1.92. The Morgan fingerprint density at radius 3 is 2.35 bits per heavy atom. The van der Waals surface area contributed by atoms with Crippen molar-refractivity contribution in [2.75, 3.05) is 19.6 Å². The summed E-state index contributed by atoms with van der Waals surface area (Å²) in [5, 5.41) is 3.32. The summed E-state index contributed by atoms with van der Waals surface area (Å²) in [4.78, 5) is 14.1. The molecule has 3 fully saturated rings. The van der Waals surface area contributed by atoms with E-state index in [1.807, 2.05) is 0 Å². The first-order valence-corrected chi connectivity index (χ1v) is 7.29. The molecule has 0 aromatic heterocycles. The molecule has 0 atom stereocenters. The average Bonchev–Trinajstić information content (AvgIpc) is 3.09. The van der Waals surface area contributed by atoms with Crippen molar-refractivity contribution in [3.63, 3.8) is 0 Å². The van der Waals surface area contributed by atoms with Gasteiger partial charge in [-0.25, -0.2) is 0 Å². The van der Waals surface area contributed by atoms with Crippen LogP contribution >= 0.6 is 0 Å². The lowest BCUT2D eigenvalue weighted by molar-refractivity contribution is -0.132. The predicted molar refractivity (Wildman–Crippen MR) is 67.7 cm³/mol. The van der Waals surface area contributed by atoms with Gasteiger partial charge in [-0.05, 0) is 43.9 Å². The molecule has 2 saturated carbocycles. The Hall–Kier alpha value is -0.570. The third-order valence-electron chi connectivity index (χ3n) is 4.96. The summed E-state index contributed by atoms with van der Waals surface area (Å²) in [5.41, 5.74) is 0.626. The Kier molecular flexibility index (Phi) is 3.12. The van der Waals surface area contributed by atoms with Crippen molar-refractivity contribution in [3.8, 4) is 0 Å². The monoisotopic (exact) mass is 236 g/mol. The molecule has 3 nitrogen and oxygen atoms in total. The molecule has 3 aliphatic rings. The number of likely N-dealkylation sites (tertiary alicyclic amines) is 1. The summed E-state index contributed by atoms with van der Waals surface area (Å²) in [5.74, 6) is 0.324. The van der Waals surface area contributed by atoms with Crippen LogP contribution in [0.3, 0.4) is 0 Å². The molecule has 3 heteroatoms. The lowest BCUT2D eigenvalue weighted by atomic mass is 9.77. The molecule has 1 amide bonds. The molecule has 1 N–H and O–H groups in total. The van der Waals surface area contributed by atoms with E-state index >= 15 is 0 Å². The van der Waals surface area contributed by atoms with E-state index in [9.17, 15) is 4.79 Å². The number of hydrogen-bond acceptors (Lipinski definition) is 2. The highest BCUT2D eigenvalue weighted by Crippen LogP contribution is 2.46. The molecule has 1 aliphatic heterocycles. The van der Waals surface area contributed by atoms with Crippen LogP contribution in [-0.4, -0.2) is 36.5 Å². The molecule has 0 bridgehead atoms. The molecule has 1 heterocycles. The summed E-state index contributed by atoms with van der Waals surface area (Å²) in [6.45, 7) is 2.58. The van der Waals surface area contributed by atoms with E-state index < -0.39 is 0 Å². The van der Waals surface area contributed by atoms with E-state index in [-0.39, 0.29) is 0 Å². The molecule has 1 saturated heterocycles. The summed E-state index contributed by atoms with van der Waals surface area (Å²) in [6.07, 6.45) is 10.7. The van der Waals surface area contributed by atoms with Gasteiger partial charge < -0.3 is 10.2 Å². The van der Waals surface area contributed by atoms with E-state index in [0.717, 1.165) is 13.1 Å². The SMILES string of the molecule is O=C(CNC1CC1)N1CCC2(CCCC2)CC1. The second-order valence-corrected chi connectivity index (χ2v) is 6.24. The van der Waals surface area contributed by atoms with Crippen LogP contribution in [0.15, 0.2) is 0 Å². The van der Waals surface area contributed by atoms with Crippen LogP contribution in [-0.2, 0) is 4.79 Å². The van der Waals surface area contributed by atoms with E-state index in [1.54, 1.807) is 0 Å². The van der Waals surface area contributed by atoms with Crippen LogP contribution in [0.5, 0.6) is 0 Å². The van der Waals surface area contributed by atoms with Gasteiger partial charge in [0.05, 0.1) is 6.54 Å². The second kappa shape index (κ2) is 4.60. The van der Waals surface area contributed by atoms with E-state index in [0.29, 0.717) is 23.9 Å². The van der Waals surface area contributed by atoms with Gasteiger partial charge in [-0.2, -0.15) is 0 Å². The maximum Gasteiger partial charge on any atom is 0.236 e. The molecule has 0 aromatic carbocycles. The number of rotatable bonds is 3. The summed E-state index contributed by atoms with van der Waals surface area (Å²) < 4.78 is 0. The van der Waals surface area contributed by atoms with Crippen LogP contribution in [0.25, 0.3) is 0 Å². The highest BCUT2D eigenvalue weighted by molar-refractivity contribution is 5.78. The molecular weight excluding hydrogens is 212 g/mol. The topological polar surface area (TPSA) is 32.3 Å². The third-order valence-corrected chi connectivity index (χ3v) is 4.96. The molecule has 17 heavy (non-hydrogen) atoms. The van der Waals surface area contributed by atoms with Crippen molar-refractivity contribution in [2.45, 2.75) is 57.4 Å². The van der Waals surface area contributed by atoms with Gasteiger partial charge in [0.15, 0.2) is 0 Å². The number of piperidine rings is 1. The minimum Gasteiger partial charge on any atom is -0.342 e. The average molecular weight is 236 g/mol. The number of amides is 1. The van der Waals surface area contributed by atoms with Crippen molar-refractivity contribution in [2.24, 2.45) is 5.41 Å². The van der Waals surface area contributed by atoms with Crippen molar-refractivity contribution >= 4 is 5.91 Å². The third kappa shape index (κ3) is 2.65. The summed E-state index contributed by atoms with van der Waals surface area (Å²) in [6, 6.07) is 0.643. The standard InChI is InChI=1S/C14H24N2O/c17-13(11-15-12-3-4-12)16-9-7-14(8-10-16)5-1-2-6-14/h12,15H,1-11H2. The zero-order valence-electron chi connectivity index (χ0n) is 10.7. The van der Waals surface area contributed by atoms with Gasteiger partial charge in [-0.1, -0.05) is 12.8 Å².